The van der Waals surface area contributed by atoms with Gasteiger partial charge in [0.2, 0.25) is 0 Å². The van der Waals surface area contributed by atoms with Crippen molar-refractivity contribution in [2.24, 2.45) is 0 Å². The molecular formula is C12H15NO4. The van der Waals surface area contributed by atoms with Crippen LogP contribution in [0.25, 0.3) is 0 Å². The number of aromatic carboxylic acids is 1. The molecule has 17 heavy (non-hydrogen) atoms. The number of carbonyl (C=O) groups is 2. The van der Waals surface area contributed by atoms with Crippen molar-refractivity contribution in [3.63, 3.8) is 0 Å². The summed E-state index contributed by atoms with van der Waals surface area (Å²) in [5.41, 5.74) is 0.413. The monoisotopic (exact) mass is 237 g/mol. The van der Waals surface area contributed by atoms with E-state index in [4.69, 9.17) is 10.2 Å². The zero-order valence-electron chi connectivity index (χ0n) is 9.51. The maximum absolute atomic E-state index is 11.0. The summed E-state index contributed by atoms with van der Waals surface area (Å²) in [4.78, 5) is 21.9. The van der Waals surface area contributed by atoms with E-state index in [1.54, 1.807) is 18.2 Å². The van der Waals surface area contributed by atoms with Gasteiger partial charge >= 0.3 is 11.9 Å². The van der Waals surface area contributed by atoms with E-state index in [1.807, 2.05) is 6.92 Å². The van der Waals surface area contributed by atoms with Gasteiger partial charge in [-0.3, -0.25) is 0 Å². The van der Waals surface area contributed by atoms with Crippen molar-refractivity contribution in [1.29, 1.82) is 0 Å². The van der Waals surface area contributed by atoms with Crippen LogP contribution in [0.5, 0.6) is 0 Å². The number of para-hydroxylation sites is 1. The van der Waals surface area contributed by atoms with Crippen molar-refractivity contribution in [3.05, 3.63) is 29.8 Å². The Morgan fingerprint density at radius 2 is 1.94 bits per heavy atom. The number of carboxylic acid groups (broad SMARTS) is 2. The predicted molar refractivity (Wildman–Crippen MR) is 63.4 cm³/mol. The number of hydrogen-bond donors (Lipinski definition) is 3. The lowest BCUT2D eigenvalue weighted by molar-refractivity contribution is -0.138. The summed E-state index contributed by atoms with van der Waals surface area (Å²) in [6.45, 7) is 1.88. The first-order valence-corrected chi connectivity index (χ1v) is 5.38. The number of aliphatic carboxylic acids is 1. The first kappa shape index (κ1) is 13.0. The maximum atomic E-state index is 11.0. The fourth-order valence-electron chi connectivity index (χ4n) is 1.53. The van der Waals surface area contributed by atoms with Crippen molar-refractivity contribution in [3.8, 4) is 0 Å². The second-order valence-corrected chi connectivity index (χ2v) is 3.67. The van der Waals surface area contributed by atoms with Crippen LogP contribution in [0, 0.1) is 0 Å². The Morgan fingerprint density at radius 1 is 1.29 bits per heavy atom. The smallest absolute Gasteiger partial charge is 0.337 e. The van der Waals surface area contributed by atoms with Gasteiger partial charge in [0.1, 0.15) is 6.04 Å². The molecule has 0 radical (unpaired) electrons. The van der Waals surface area contributed by atoms with Crippen LogP contribution in [0.2, 0.25) is 0 Å². The molecule has 1 unspecified atom stereocenters. The quantitative estimate of drug-likeness (QED) is 0.704. The van der Waals surface area contributed by atoms with Gasteiger partial charge in [0, 0.05) is 5.69 Å². The summed E-state index contributed by atoms with van der Waals surface area (Å²) in [5, 5.41) is 20.7. The number of benzene rings is 1. The third kappa shape index (κ3) is 3.48. The van der Waals surface area contributed by atoms with Crippen LogP contribution in [0.4, 0.5) is 5.69 Å². The maximum Gasteiger partial charge on any atom is 0.337 e. The normalized spacial score (nSPS) is 11.8. The van der Waals surface area contributed by atoms with E-state index < -0.39 is 18.0 Å². The molecule has 3 N–H and O–H groups in total. The molecule has 0 heterocycles. The molecule has 0 saturated heterocycles. The number of nitrogens with one attached hydrogen (secondary N) is 1. The molecule has 0 aliphatic rings. The van der Waals surface area contributed by atoms with Gasteiger partial charge in [-0.2, -0.15) is 0 Å². The van der Waals surface area contributed by atoms with Crippen LogP contribution in [0.1, 0.15) is 30.1 Å². The Kier molecular flexibility index (Phi) is 4.51. The molecule has 0 amide bonds. The van der Waals surface area contributed by atoms with Crippen LogP contribution < -0.4 is 5.32 Å². The Morgan fingerprint density at radius 3 is 2.47 bits per heavy atom. The summed E-state index contributed by atoms with van der Waals surface area (Å²) in [7, 11) is 0. The second kappa shape index (κ2) is 5.89. The second-order valence-electron chi connectivity index (χ2n) is 3.67. The van der Waals surface area contributed by atoms with E-state index in [0.717, 1.165) is 0 Å². The first-order chi connectivity index (χ1) is 8.06. The van der Waals surface area contributed by atoms with Crippen molar-refractivity contribution in [2.75, 3.05) is 5.32 Å². The molecule has 1 aromatic rings. The molecule has 0 saturated carbocycles. The molecule has 5 heteroatoms. The topological polar surface area (TPSA) is 86.6 Å². The third-order valence-corrected chi connectivity index (χ3v) is 2.36. The summed E-state index contributed by atoms with van der Waals surface area (Å²) in [5.74, 6) is -2.05. The molecule has 0 aliphatic carbocycles. The van der Waals surface area contributed by atoms with Crippen LogP contribution in [-0.2, 0) is 4.79 Å². The van der Waals surface area contributed by atoms with Gasteiger partial charge in [-0.25, -0.2) is 9.59 Å². The minimum atomic E-state index is -1.08. The summed E-state index contributed by atoms with van der Waals surface area (Å²) in [6, 6.07) is 5.51. The molecular weight excluding hydrogens is 222 g/mol. The predicted octanol–water partition coefficient (Wildman–Crippen LogP) is 2.05. The van der Waals surface area contributed by atoms with Crippen LogP contribution >= 0.6 is 0 Å². The largest absolute Gasteiger partial charge is 0.480 e. The lowest BCUT2D eigenvalue weighted by Gasteiger charge is -2.16. The van der Waals surface area contributed by atoms with Gasteiger partial charge in [0.15, 0.2) is 0 Å². The molecule has 0 bridgehead atoms. The number of rotatable bonds is 6. The van der Waals surface area contributed by atoms with E-state index in [1.165, 1.54) is 6.07 Å². The fourth-order valence-corrected chi connectivity index (χ4v) is 1.53. The lowest BCUT2D eigenvalue weighted by atomic mass is 10.1. The van der Waals surface area contributed by atoms with E-state index >= 15 is 0 Å². The van der Waals surface area contributed by atoms with Gasteiger partial charge in [0.25, 0.3) is 0 Å². The Balaban J connectivity index is 2.92. The minimum absolute atomic E-state index is 0.0786. The minimum Gasteiger partial charge on any atom is -0.480 e. The lowest BCUT2D eigenvalue weighted by Crippen LogP contribution is -2.29. The first-order valence-electron chi connectivity index (χ1n) is 5.38. The highest BCUT2D eigenvalue weighted by Gasteiger charge is 2.18. The molecule has 92 valence electrons. The Labute approximate surface area is 99.1 Å². The summed E-state index contributed by atoms with van der Waals surface area (Å²) < 4.78 is 0. The zero-order valence-corrected chi connectivity index (χ0v) is 9.51. The molecule has 5 nitrogen and oxygen atoms in total. The van der Waals surface area contributed by atoms with Gasteiger partial charge in [-0.05, 0) is 18.6 Å². The highest BCUT2D eigenvalue weighted by molar-refractivity contribution is 5.95. The fraction of sp³-hybridized carbons (Fsp3) is 0.333. The van der Waals surface area contributed by atoms with Crippen LogP contribution in [0.3, 0.4) is 0 Å². The Bertz CT molecular complexity index is 417. The standard InChI is InChI=1S/C12H15NO4/c1-2-5-10(12(16)17)13-9-7-4-3-6-8(9)11(14)15/h3-4,6-7,10,13H,2,5H2,1H3,(H,14,15)(H,16,17). The number of hydrogen-bond acceptors (Lipinski definition) is 3. The highest BCUT2D eigenvalue weighted by Crippen LogP contribution is 2.17. The highest BCUT2D eigenvalue weighted by atomic mass is 16.4. The van der Waals surface area contributed by atoms with Crippen molar-refractivity contribution in [2.45, 2.75) is 25.8 Å². The summed E-state index contributed by atoms with van der Waals surface area (Å²) in [6.07, 6.45) is 1.16. The van der Waals surface area contributed by atoms with Gasteiger partial charge in [-0.1, -0.05) is 25.5 Å². The molecule has 1 aromatic carbocycles. The average molecular weight is 237 g/mol. The van der Waals surface area contributed by atoms with Gasteiger partial charge in [-0.15, -0.1) is 0 Å². The van der Waals surface area contributed by atoms with E-state index in [0.29, 0.717) is 18.5 Å². The molecule has 0 aliphatic heterocycles. The van der Waals surface area contributed by atoms with Crippen LogP contribution in [-0.4, -0.2) is 28.2 Å². The average Bonchev–Trinajstić information content (AvgIpc) is 2.28. The van der Waals surface area contributed by atoms with Crippen molar-refractivity contribution < 1.29 is 19.8 Å². The van der Waals surface area contributed by atoms with Gasteiger partial charge in [0.05, 0.1) is 5.56 Å². The number of anilines is 1. The van der Waals surface area contributed by atoms with Crippen molar-refractivity contribution >= 4 is 17.6 Å². The zero-order chi connectivity index (χ0) is 12.8. The van der Waals surface area contributed by atoms with Crippen LogP contribution in [0.15, 0.2) is 24.3 Å². The Hall–Kier alpha value is -2.04. The molecule has 0 fully saturated rings. The van der Waals surface area contributed by atoms with Crippen molar-refractivity contribution in [1.82, 2.24) is 0 Å². The summed E-state index contributed by atoms with van der Waals surface area (Å²) >= 11 is 0. The molecule has 0 spiro atoms. The third-order valence-electron chi connectivity index (χ3n) is 2.36. The van der Waals surface area contributed by atoms with E-state index in [-0.39, 0.29) is 5.56 Å². The van der Waals surface area contributed by atoms with Gasteiger partial charge < -0.3 is 15.5 Å². The van der Waals surface area contributed by atoms with E-state index in [9.17, 15) is 9.59 Å². The number of carboxylic acids is 2. The SMILES string of the molecule is CCCC(Nc1ccccc1C(=O)O)C(=O)O. The van der Waals surface area contributed by atoms with E-state index in [2.05, 4.69) is 5.32 Å². The molecule has 1 atom stereocenters. The molecule has 1 rings (SSSR count). The molecule has 0 aromatic heterocycles.